The van der Waals surface area contributed by atoms with E-state index >= 15 is 0 Å². The highest BCUT2D eigenvalue weighted by Gasteiger charge is 2.23. The van der Waals surface area contributed by atoms with Gasteiger partial charge in [0.25, 0.3) is 0 Å². The van der Waals surface area contributed by atoms with Gasteiger partial charge in [-0.05, 0) is 95.6 Å². The van der Waals surface area contributed by atoms with Gasteiger partial charge in [0.2, 0.25) is 0 Å². The zero-order chi connectivity index (χ0) is 46.9. The molecule has 0 aromatic heterocycles. The molecule has 13 N–H and O–H groups in total. The lowest BCUT2D eigenvalue weighted by Crippen LogP contribution is -2.55. The molecule has 0 aliphatic carbocycles. The second-order valence-corrected chi connectivity index (χ2v) is 18.9. The summed E-state index contributed by atoms with van der Waals surface area (Å²) < 4.78 is 5.33. The second-order valence-electron chi connectivity index (χ2n) is 18.0. The maximum absolute atomic E-state index is 13.0. The van der Waals surface area contributed by atoms with E-state index in [0.717, 1.165) is 6.42 Å². The van der Waals surface area contributed by atoms with Crippen LogP contribution in [0.2, 0.25) is 0 Å². The van der Waals surface area contributed by atoms with Gasteiger partial charge in [-0.3, -0.25) is 0 Å². The van der Waals surface area contributed by atoms with Crippen LogP contribution in [0.5, 0.6) is 0 Å². The Morgan fingerprint density at radius 3 is 1.31 bits per heavy atom. The summed E-state index contributed by atoms with van der Waals surface area (Å²) in [6, 6.07) is -3.41. The van der Waals surface area contributed by atoms with Crippen LogP contribution in [0.4, 0.5) is 24.0 Å². The van der Waals surface area contributed by atoms with Crippen molar-refractivity contribution in [2.75, 3.05) is 46.3 Å². The van der Waals surface area contributed by atoms with Gasteiger partial charge in [0, 0.05) is 70.5 Å². The zero-order valence-corrected chi connectivity index (χ0v) is 40.8. The Morgan fingerprint density at radius 1 is 0.475 bits per heavy atom. The average Bonchev–Trinajstić information content (AvgIpc) is 3.12. The Labute approximate surface area is 376 Å². The fourth-order valence-corrected chi connectivity index (χ4v) is 5.98. The molecule has 0 spiro atoms. The quantitative estimate of drug-likeness (QED) is 0.0625. The first-order valence-corrected chi connectivity index (χ1v) is 22.3. The molecular weight excluding hydrogens is 823 g/mol. The van der Waals surface area contributed by atoms with E-state index in [1.807, 2.05) is 48.5 Å². The summed E-state index contributed by atoms with van der Waals surface area (Å²) in [5.41, 5.74) is -0.644. The first-order chi connectivity index (χ1) is 28.3. The molecule has 0 rings (SSSR count). The number of carbonyl (C=O) groups excluding carboxylic acids is 5. The summed E-state index contributed by atoms with van der Waals surface area (Å²) in [7, 11) is 1.76. The van der Waals surface area contributed by atoms with Gasteiger partial charge in [0.05, 0.1) is 12.1 Å². The third-order valence-electron chi connectivity index (χ3n) is 8.91. The summed E-state index contributed by atoms with van der Waals surface area (Å²) in [5, 5.41) is 39.1. The molecule has 0 fully saturated rings. The lowest BCUT2D eigenvalue weighted by atomic mass is 10.0. The molecule has 0 saturated carbocycles. The predicted octanol–water partition coefficient (Wildman–Crippen LogP) is 2.92. The van der Waals surface area contributed by atoms with Crippen molar-refractivity contribution in [2.45, 2.75) is 145 Å². The molecule has 0 unspecified atom stereocenters. The molecular formula is C40H81N13O6S2. The van der Waals surface area contributed by atoms with Gasteiger partial charge in [-0.1, -0.05) is 55.4 Å². The third-order valence-corrected chi connectivity index (χ3v) is 9.52. The van der Waals surface area contributed by atoms with E-state index in [4.69, 9.17) is 29.2 Å². The van der Waals surface area contributed by atoms with Crippen LogP contribution < -0.4 is 69.1 Å². The molecule has 0 saturated heterocycles. The van der Waals surface area contributed by atoms with Gasteiger partial charge in [-0.15, -0.1) is 0 Å². The number of alkyl carbamates (subject to hydrolysis) is 1. The van der Waals surface area contributed by atoms with Crippen molar-refractivity contribution in [1.29, 1.82) is 0 Å². The first-order valence-electron chi connectivity index (χ1n) is 21.5. The smallest absolute Gasteiger partial charge is 0.407 e. The van der Waals surface area contributed by atoms with E-state index in [2.05, 4.69) is 83.0 Å². The Morgan fingerprint density at radius 2 is 0.852 bits per heavy atom. The number of nitrogens with one attached hydrogen (secondary N) is 13. The lowest BCUT2D eigenvalue weighted by molar-refractivity contribution is 0.0490. The fourth-order valence-electron chi connectivity index (χ4n) is 5.65. The summed E-state index contributed by atoms with van der Waals surface area (Å²) in [4.78, 5) is 63.4. The molecule has 9 amide bonds. The monoisotopic (exact) mass is 904 g/mol. The van der Waals surface area contributed by atoms with E-state index in [0.29, 0.717) is 35.7 Å². The highest BCUT2D eigenvalue weighted by Crippen LogP contribution is 2.09. The minimum atomic E-state index is -0.644. The van der Waals surface area contributed by atoms with Crippen LogP contribution in [0.25, 0.3) is 0 Å². The molecule has 21 heteroatoms. The summed E-state index contributed by atoms with van der Waals surface area (Å²) >= 11 is 10.7. The number of hydrogen-bond acceptors (Lipinski definition) is 8. The highest BCUT2D eigenvalue weighted by atomic mass is 32.1. The Kier molecular flexibility index (Phi) is 27.8. The van der Waals surface area contributed by atoms with Crippen LogP contribution in [-0.4, -0.2) is 129 Å². The van der Waals surface area contributed by atoms with E-state index in [1.54, 1.807) is 34.7 Å². The molecule has 0 heterocycles. The van der Waals surface area contributed by atoms with Gasteiger partial charge in [-0.25, -0.2) is 24.0 Å². The Hall–Kier alpha value is -4.27. The fraction of sp³-hybridized carbons (Fsp3) is 0.825. The summed E-state index contributed by atoms with van der Waals surface area (Å²) in [6.45, 7) is 26.7. The minimum absolute atomic E-state index is 0.00269. The van der Waals surface area contributed by atoms with Gasteiger partial charge >= 0.3 is 30.2 Å². The van der Waals surface area contributed by atoms with E-state index in [9.17, 15) is 24.0 Å². The van der Waals surface area contributed by atoms with Crippen molar-refractivity contribution in [3.05, 3.63) is 0 Å². The van der Waals surface area contributed by atoms with E-state index in [1.165, 1.54) is 0 Å². The standard InChI is InChI=1S/C40H81N13O6S2/c1-23(2)15-29(50-35(56)42-17-27(9)48-34(55)45-22-32(26(7)8)53-39(58)59-40(11,12)13)19-43-36(57)52-31(25(5)6)21-44-33(54)49-28(10)18-46-38(61)51-30(16-24(3)4)20-47-37(60)41-14/h23-32H,15-22H2,1-14H3,(H,53,58)(H2,41,47,60)(H2,42,50,56)(H2,43,52,57)(H2,44,49,54)(H2,45,48,55)(H2,46,51,61)/t27-,28-,29-,30-,31+,32+/m0/s1. The maximum Gasteiger partial charge on any atom is 0.407 e. The van der Waals surface area contributed by atoms with Gasteiger partial charge < -0.3 is 73.9 Å². The predicted molar refractivity (Wildman–Crippen MR) is 252 cm³/mol. The number of urea groups is 4. The summed E-state index contributed by atoms with van der Waals surface area (Å²) in [6.07, 6.45) is 0.924. The number of amides is 9. The maximum atomic E-state index is 13.0. The molecule has 0 aliphatic heterocycles. The van der Waals surface area contributed by atoms with Crippen LogP contribution in [-0.2, 0) is 4.74 Å². The van der Waals surface area contributed by atoms with Crippen LogP contribution in [0.1, 0.15) is 103 Å². The number of ether oxygens (including phenoxy) is 1. The van der Waals surface area contributed by atoms with Crippen LogP contribution in [0, 0.1) is 23.7 Å². The largest absolute Gasteiger partial charge is 0.444 e. The van der Waals surface area contributed by atoms with E-state index in [-0.39, 0.29) is 80.2 Å². The third kappa shape index (κ3) is 30.4. The Balaban J connectivity index is 4.86. The number of thiocarbonyl (C=S) groups is 2. The molecule has 0 aromatic rings. The van der Waals surface area contributed by atoms with Crippen molar-refractivity contribution in [3.8, 4) is 0 Å². The van der Waals surface area contributed by atoms with Gasteiger partial charge in [-0.2, -0.15) is 0 Å². The molecule has 0 aliphatic rings. The first kappa shape index (κ1) is 56.7. The van der Waals surface area contributed by atoms with Crippen molar-refractivity contribution < 1.29 is 28.7 Å². The minimum Gasteiger partial charge on any atom is -0.444 e. The van der Waals surface area contributed by atoms with Crippen LogP contribution >= 0.6 is 24.4 Å². The van der Waals surface area contributed by atoms with Crippen molar-refractivity contribution >= 4 is 64.9 Å². The van der Waals surface area contributed by atoms with Crippen molar-refractivity contribution in [1.82, 2.24) is 69.1 Å². The molecule has 354 valence electrons. The number of carbonyl (C=O) groups is 5. The number of rotatable bonds is 24. The van der Waals surface area contributed by atoms with Gasteiger partial charge in [0.1, 0.15) is 5.60 Å². The van der Waals surface area contributed by atoms with E-state index < -0.39 is 35.8 Å². The highest BCUT2D eigenvalue weighted by molar-refractivity contribution is 7.80. The molecule has 19 nitrogen and oxygen atoms in total. The second kappa shape index (κ2) is 29.9. The average molecular weight is 904 g/mol. The molecule has 0 radical (unpaired) electrons. The Bertz CT molecular complexity index is 1370. The van der Waals surface area contributed by atoms with Crippen LogP contribution in [0.15, 0.2) is 0 Å². The van der Waals surface area contributed by atoms with Crippen molar-refractivity contribution in [3.63, 3.8) is 0 Å². The number of hydrogen-bond donors (Lipinski definition) is 13. The zero-order valence-electron chi connectivity index (χ0n) is 39.2. The topological polar surface area (TPSA) is 251 Å². The molecule has 6 atom stereocenters. The SMILES string of the molecule is CNC(=S)NC[C@H](CC(C)C)NC(=S)NC[C@H](C)NC(=O)NC[C@@H](NC(=O)NC[C@H](CC(C)C)NC(=O)NC[C@H](C)NC(=O)NC[C@@H](NC(=O)OC(C)(C)C)C(C)C)C(C)C. The lowest BCUT2D eigenvalue weighted by Gasteiger charge is -2.26. The van der Waals surface area contributed by atoms with Crippen molar-refractivity contribution in [2.24, 2.45) is 23.7 Å². The normalized spacial score (nSPS) is 14.3. The van der Waals surface area contributed by atoms with Gasteiger partial charge in [0.15, 0.2) is 10.2 Å². The van der Waals surface area contributed by atoms with Crippen LogP contribution in [0.3, 0.4) is 0 Å². The molecule has 61 heavy (non-hydrogen) atoms. The molecule has 0 bridgehead atoms. The molecule has 0 aromatic carbocycles. The summed E-state index contributed by atoms with van der Waals surface area (Å²) in [5.74, 6) is 0.707.